The minimum atomic E-state index is 0.379. The van der Waals surface area contributed by atoms with Crippen LogP contribution in [0.4, 0.5) is 0 Å². The van der Waals surface area contributed by atoms with Crippen LogP contribution >= 0.6 is 16.5 Å². The van der Waals surface area contributed by atoms with Crippen molar-refractivity contribution < 1.29 is 0 Å². The third-order valence-electron chi connectivity index (χ3n) is 2.66. The molecule has 0 saturated heterocycles. The van der Waals surface area contributed by atoms with Crippen LogP contribution in [0.5, 0.6) is 0 Å². The van der Waals surface area contributed by atoms with Crippen molar-refractivity contribution >= 4 is 16.5 Å². The second-order valence-electron chi connectivity index (χ2n) is 4.22. The minimum absolute atomic E-state index is 0.379. The average molecular weight is 236 g/mol. The van der Waals surface area contributed by atoms with E-state index in [1.54, 1.807) is 12.3 Å². The molecule has 0 heterocycles. The van der Waals surface area contributed by atoms with Crippen LogP contribution in [0.1, 0.15) is 65.2 Å². The summed E-state index contributed by atoms with van der Waals surface area (Å²) in [5.41, 5.74) is 0. The molecule has 88 valence electrons. The zero-order chi connectivity index (χ0) is 10.5. The van der Waals surface area contributed by atoms with Crippen molar-refractivity contribution in [3.05, 3.63) is 0 Å². The third-order valence-corrected chi connectivity index (χ3v) is 7.76. The van der Waals surface area contributed by atoms with Crippen LogP contribution in [0.2, 0.25) is 0 Å². The molecule has 0 N–H and O–H groups in total. The van der Waals surface area contributed by atoms with E-state index in [0.29, 0.717) is 8.27 Å². The predicted molar refractivity (Wildman–Crippen MR) is 77.4 cm³/mol. The molecule has 0 nitrogen and oxygen atoms in total. The maximum absolute atomic E-state index is 2.30. The van der Waals surface area contributed by atoms with Crippen LogP contribution in [0, 0.1) is 0 Å². The van der Waals surface area contributed by atoms with Crippen LogP contribution in [-0.4, -0.2) is 12.3 Å². The van der Waals surface area contributed by atoms with E-state index in [4.69, 9.17) is 0 Å². The SMILES string of the molecule is CCCCCCCP[PH3]CCCCC. The Morgan fingerprint density at radius 3 is 2.14 bits per heavy atom. The molecule has 0 spiro atoms. The van der Waals surface area contributed by atoms with Crippen molar-refractivity contribution in [2.75, 3.05) is 12.3 Å². The van der Waals surface area contributed by atoms with Crippen molar-refractivity contribution in [3.8, 4) is 0 Å². The Hall–Kier alpha value is 0.860. The number of rotatable bonds is 11. The molecule has 0 aromatic heterocycles. The van der Waals surface area contributed by atoms with Gasteiger partial charge in [0.1, 0.15) is 0 Å². The molecule has 1 atom stereocenters. The zero-order valence-electron chi connectivity index (χ0n) is 10.3. The van der Waals surface area contributed by atoms with Gasteiger partial charge in [-0.3, -0.25) is 0 Å². The first-order chi connectivity index (χ1) is 6.91. The van der Waals surface area contributed by atoms with Crippen molar-refractivity contribution in [3.63, 3.8) is 0 Å². The van der Waals surface area contributed by atoms with Crippen molar-refractivity contribution in [1.82, 2.24) is 0 Å². The first-order valence-electron chi connectivity index (χ1n) is 6.62. The molecule has 14 heavy (non-hydrogen) atoms. The molecule has 0 amide bonds. The van der Waals surface area contributed by atoms with Crippen LogP contribution in [0.3, 0.4) is 0 Å². The molecule has 0 aromatic rings. The van der Waals surface area contributed by atoms with Gasteiger partial charge in [0.25, 0.3) is 0 Å². The standard InChI is InChI=1S/C12H30P2/c1-3-5-7-8-10-12-14-13-11-9-6-4-2/h14H,3-12H2,1-2,13H3. The van der Waals surface area contributed by atoms with Gasteiger partial charge in [-0.05, 0) is 0 Å². The Kier molecular flexibility index (Phi) is 14.7. The molecule has 0 rings (SSSR count). The quantitative estimate of drug-likeness (QED) is 0.354. The third kappa shape index (κ3) is 12.9. The summed E-state index contributed by atoms with van der Waals surface area (Å²) < 4.78 is 0. The number of hydrogen-bond donors (Lipinski definition) is 0. The topological polar surface area (TPSA) is 0 Å². The molecule has 0 aliphatic carbocycles. The van der Waals surface area contributed by atoms with Crippen LogP contribution in [0.25, 0.3) is 0 Å². The molecule has 1 unspecified atom stereocenters. The summed E-state index contributed by atoms with van der Waals surface area (Å²) in [6.07, 6.45) is 15.0. The molecule has 2 heteroatoms. The summed E-state index contributed by atoms with van der Waals surface area (Å²) in [5.74, 6) is 0. The van der Waals surface area contributed by atoms with E-state index in [9.17, 15) is 0 Å². The summed E-state index contributed by atoms with van der Waals surface area (Å²) in [5, 5.41) is 0. The van der Waals surface area contributed by atoms with E-state index >= 15 is 0 Å². The van der Waals surface area contributed by atoms with E-state index in [-0.39, 0.29) is 0 Å². The average Bonchev–Trinajstić information content (AvgIpc) is 2.21. The Morgan fingerprint density at radius 1 is 0.786 bits per heavy atom. The Morgan fingerprint density at radius 2 is 1.43 bits per heavy atom. The Bertz CT molecular complexity index is 82.3. The predicted octanol–water partition coefficient (Wildman–Crippen LogP) is 4.88. The summed E-state index contributed by atoms with van der Waals surface area (Å²) in [7, 11) is 1.77. The normalized spacial score (nSPS) is 11.9. The van der Waals surface area contributed by atoms with Gasteiger partial charge in [0.15, 0.2) is 0 Å². The zero-order valence-corrected chi connectivity index (χ0v) is 12.7. The summed E-state index contributed by atoms with van der Waals surface area (Å²) in [6, 6.07) is 0. The van der Waals surface area contributed by atoms with Crippen LogP contribution in [-0.2, 0) is 0 Å². The van der Waals surface area contributed by atoms with Crippen molar-refractivity contribution in [2.24, 2.45) is 0 Å². The van der Waals surface area contributed by atoms with Crippen LogP contribution < -0.4 is 0 Å². The van der Waals surface area contributed by atoms with E-state index in [1.165, 1.54) is 59.6 Å². The monoisotopic (exact) mass is 236 g/mol. The van der Waals surface area contributed by atoms with Gasteiger partial charge < -0.3 is 0 Å². The molecule has 0 bridgehead atoms. The van der Waals surface area contributed by atoms with Gasteiger partial charge in [0.05, 0.1) is 0 Å². The fraction of sp³-hybridized carbons (Fsp3) is 1.00. The number of hydrogen-bond acceptors (Lipinski definition) is 0. The summed E-state index contributed by atoms with van der Waals surface area (Å²) in [4.78, 5) is 0. The molecule has 0 aliphatic rings. The molecule has 0 aliphatic heterocycles. The van der Waals surface area contributed by atoms with Crippen LogP contribution in [0.15, 0.2) is 0 Å². The van der Waals surface area contributed by atoms with Crippen molar-refractivity contribution in [1.29, 1.82) is 0 Å². The van der Waals surface area contributed by atoms with Gasteiger partial charge >= 0.3 is 94.1 Å². The fourth-order valence-electron chi connectivity index (χ4n) is 1.66. The second-order valence-corrected chi connectivity index (χ2v) is 9.43. The van der Waals surface area contributed by atoms with E-state index in [0.717, 1.165) is 0 Å². The molecule has 0 fully saturated rings. The van der Waals surface area contributed by atoms with Gasteiger partial charge in [0.2, 0.25) is 0 Å². The van der Waals surface area contributed by atoms with Gasteiger partial charge in [0, 0.05) is 0 Å². The molecular formula is C12H30P2. The van der Waals surface area contributed by atoms with Crippen molar-refractivity contribution in [2.45, 2.75) is 65.2 Å². The molecule has 0 aromatic carbocycles. The summed E-state index contributed by atoms with van der Waals surface area (Å²) >= 11 is 0. The van der Waals surface area contributed by atoms with Gasteiger partial charge in [-0.2, -0.15) is 0 Å². The fourth-order valence-corrected chi connectivity index (χ4v) is 6.26. The van der Waals surface area contributed by atoms with Gasteiger partial charge in [-0.25, -0.2) is 0 Å². The molecule has 0 radical (unpaired) electrons. The first-order valence-corrected chi connectivity index (χ1v) is 11.2. The first kappa shape index (κ1) is 14.9. The molecular weight excluding hydrogens is 206 g/mol. The molecule has 0 saturated carbocycles. The maximum atomic E-state index is 2.30. The van der Waals surface area contributed by atoms with Gasteiger partial charge in [-0.1, -0.05) is 0 Å². The summed E-state index contributed by atoms with van der Waals surface area (Å²) in [6.45, 7) is 4.60. The second kappa shape index (κ2) is 13.9. The Balaban J connectivity index is 2.78. The Labute approximate surface area is 94.5 Å². The number of unbranched alkanes of at least 4 members (excludes halogenated alkanes) is 6. The van der Waals surface area contributed by atoms with Gasteiger partial charge in [-0.15, -0.1) is 0 Å². The van der Waals surface area contributed by atoms with E-state index in [1.807, 2.05) is 0 Å². The van der Waals surface area contributed by atoms with E-state index < -0.39 is 0 Å². The van der Waals surface area contributed by atoms with E-state index in [2.05, 4.69) is 13.8 Å².